The van der Waals surface area contributed by atoms with Gasteiger partial charge in [-0.15, -0.1) is 0 Å². The molecule has 3 aromatic rings. The summed E-state index contributed by atoms with van der Waals surface area (Å²) in [5.41, 5.74) is 0.818. The van der Waals surface area contributed by atoms with Crippen LogP contribution in [0.5, 0.6) is 0 Å². The quantitative estimate of drug-likeness (QED) is 0.510. The second-order valence-electron chi connectivity index (χ2n) is 4.23. The minimum Gasteiger partial charge on any atom is -0.422 e. The van der Waals surface area contributed by atoms with Crippen LogP contribution in [0.25, 0.3) is 21.7 Å². The summed E-state index contributed by atoms with van der Waals surface area (Å²) in [5.74, 6) is 0. The SMILES string of the molecule is COCc1cc2cc3ccccc3cc2oc1=O. The number of benzene rings is 2. The molecular formula is C15H12O3. The van der Waals surface area contributed by atoms with E-state index >= 15 is 0 Å². The molecule has 0 unspecified atom stereocenters. The zero-order chi connectivity index (χ0) is 12.5. The Morgan fingerprint density at radius 2 is 1.78 bits per heavy atom. The van der Waals surface area contributed by atoms with Crippen LogP contribution in [0, 0.1) is 0 Å². The fourth-order valence-corrected chi connectivity index (χ4v) is 2.11. The van der Waals surface area contributed by atoms with E-state index in [1.807, 2.05) is 42.5 Å². The first-order valence-electron chi connectivity index (χ1n) is 5.72. The molecule has 1 heterocycles. The Labute approximate surface area is 104 Å². The molecule has 0 aliphatic rings. The summed E-state index contributed by atoms with van der Waals surface area (Å²) in [6.45, 7) is 0.269. The van der Waals surface area contributed by atoms with Crippen molar-refractivity contribution >= 4 is 21.7 Å². The van der Waals surface area contributed by atoms with Crippen LogP contribution in [0.1, 0.15) is 5.56 Å². The summed E-state index contributed by atoms with van der Waals surface area (Å²) in [7, 11) is 1.56. The molecule has 0 atom stereocenters. The molecule has 3 nitrogen and oxygen atoms in total. The maximum atomic E-state index is 11.7. The monoisotopic (exact) mass is 240 g/mol. The van der Waals surface area contributed by atoms with Crippen LogP contribution >= 0.6 is 0 Å². The molecule has 0 spiro atoms. The van der Waals surface area contributed by atoms with Crippen LogP contribution in [0.2, 0.25) is 0 Å². The van der Waals surface area contributed by atoms with Gasteiger partial charge in [-0.3, -0.25) is 0 Å². The third kappa shape index (κ3) is 1.79. The zero-order valence-electron chi connectivity index (χ0n) is 9.97. The summed E-state index contributed by atoms with van der Waals surface area (Å²) < 4.78 is 10.3. The molecule has 2 aromatic carbocycles. The minimum absolute atomic E-state index is 0.269. The third-order valence-electron chi connectivity index (χ3n) is 2.97. The normalized spacial score (nSPS) is 11.2. The molecule has 0 amide bonds. The molecule has 0 saturated heterocycles. The van der Waals surface area contributed by atoms with Gasteiger partial charge >= 0.3 is 5.63 Å². The number of rotatable bonds is 2. The van der Waals surface area contributed by atoms with Crippen molar-refractivity contribution in [1.29, 1.82) is 0 Å². The Hall–Kier alpha value is -2.13. The standard InChI is InChI=1S/C15H12O3/c1-17-9-13-7-12-6-10-4-2-3-5-11(10)8-14(12)18-15(13)16/h2-8H,9H2,1H3. The largest absolute Gasteiger partial charge is 0.422 e. The highest BCUT2D eigenvalue weighted by Crippen LogP contribution is 2.22. The minimum atomic E-state index is -0.334. The van der Waals surface area contributed by atoms with Crippen LogP contribution < -0.4 is 5.63 Å². The molecule has 3 rings (SSSR count). The summed E-state index contributed by atoms with van der Waals surface area (Å²) in [5, 5.41) is 3.11. The molecule has 90 valence electrons. The summed E-state index contributed by atoms with van der Waals surface area (Å²) in [6.07, 6.45) is 0. The highest BCUT2D eigenvalue weighted by molar-refractivity contribution is 5.95. The van der Waals surface area contributed by atoms with E-state index < -0.39 is 0 Å². The fourth-order valence-electron chi connectivity index (χ4n) is 2.11. The maximum absolute atomic E-state index is 11.7. The first-order valence-corrected chi connectivity index (χ1v) is 5.72. The Morgan fingerprint density at radius 3 is 2.50 bits per heavy atom. The molecule has 0 saturated carbocycles. The van der Waals surface area contributed by atoms with Crippen molar-refractivity contribution in [1.82, 2.24) is 0 Å². The van der Waals surface area contributed by atoms with E-state index in [1.54, 1.807) is 7.11 Å². The smallest absolute Gasteiger partial charge is 0.341 e. The van der Waals surface area contributed by atoms with Gasteiger partial charge in [0.1, 0.15) is 5.58 Å². The van der Waals surface area contributed by atoms with E-state index in [4.69, 9.17) is 9.15 Å². The Bertz CT molecular complexity index is 771. The van der Waals surface area contributed by atoms with Crippen molar-refractivity contribution < 1.29 is 9.15 Å². The van der Waals surface area contributed by atoms with Gasteiger partial charge in [-0.1, -0.05) is 24.3 Å². The van der Waals surface area contributed by atoms with E-state index in [-0.39, 0.29) is 12.2 Å². The summed E-state index contributed by atoms with van der Waals surface area (Å²) >= 11 is 0. The lowest BCUT2D eigenvalue weighted by molar-refractivity contribution is 0.182. The molecule has 0 aliphatic heterocycles. The van der Waals surface area contributed by atoms with Crippen LogP contribution in [-0.4, -0.2) is 7.11 Å². The van der Waals surface area contributed by atoms with E-state index in [9.17, 15) is 4.79 Å². The van der Waals surface area contributed by atoms with Gasteiger partial charge in [-0.2, -0.15) is 0 Å². The van der Waals surface area contributed by atoms with E-state index in [0.29, 0.717) is 11.1 Å². The number of ether oxygens (including phenoxy) is 1. The Kier molecular flexibility index (Phi) is 2.61. The lowest BCUT2D eigenvalue weighted by Crippen LogP contribution is -2.07. The number of hydrogen-bond acceptors (Lipinski definition) is 3. The van der Waals surface area contributed by atoms with Gasteiger partial charge in [-0.05, 0) is 29.0 Å². The van der Waals surface area contributed by atoms with Crippen molar-refractivity contribution in [2.24, 2.45) is 0 Å². The van der Waals surface area contributed by atoms with Crippen LogP contribution in [-0.2, 0) is 11.3 Å². The predicted octanol–water partition coefficient (Wildman–Crippen LogP) is 3.09. The summed E-state index contributed by atoms with van der Waals surface area (Å²) in [4.78, 5) is 11.7. The lowest BCUT2D eigenvalue weighted by atomic mass is 10.1. The lowest BCUT2D eigenvalue weighted by Gasteiger charge is -2.03. The van der Waals surface area contributed by atoms with Crippen LogP contribution in [0.3, 0.4) is 0 Å². The Morgan fingerprint density at radius 1 is 1.06 bits per heavy atom. The van der Waals surface area contributed by atoms with E-state index in [2.05, 4.69) is 0 Å². The summed E-state index contributed by atoms with van der Waals surface area (Å²) in [6, 6.07) is 13.7. The van der Waals surface area contributed by atoms with Crippen molar-refractivity contribution in [3.8, 4) is 0 Å². The number of fused-ring (bicyclic) bond motifs is 2. The second kappa shape index (κ2) is 4.27. The molecule has 18 heavy (non-hydrogen) atoms. The van der Waals surface area contributed by atoms with E-state index in [1.165, 1.54) is 0 Å². The van der Waals surface area contributed by atoms with Gasteiger partial charge in [0.25, 0.3) is 0 Å². The van der Waals surface area contributed by atoms with Crippen molar-refractivity contribution in [3.63, 3.8) is 0 Å². The average Bonchev–Trinajstić information content (AvgIpc) is 2.38. The second-order valence-corrected chi connectivity index (χ2v) is 4.23. The van der Waals surface area contributed by atoms with Gasteiger partial charge in [0.2, 0.25) is 0 Å². The van der Waals surface area contributed by atoms with Crippen LogP contribution in [0.4, 0.5) is 0 Å². The molecule has 0 N–H and O–H groups in total. The molecule has 0 fully saturated rings. The molecule has 0 aliphatic carbocycles. The third-order valence-corrected chi connectivity index (χ3v) is 2.97. The number of methoxy groups -OCH3 is 1. The van der Waals surface area contributed by atoms with Crippen LogP contribution in [0.15, 0.2) is 51.7 Å². The Balaban J connectivity index is 2.33. The highest BCUT2D eigenvalue weighted by atomic mass is 16.5. The molecule has 0 radical (unpaired) electrons. The highest BCUT2D eigenvalue weighted by Gasteiger charge is 2.06. The van der Waals surface area contributed by atoms with Gasteiger partial charge in [0.15, 0.2) is 0 Å². The molecule has 0 bridgehead atoms. The topological polar surface area (TPSA) is 39.4 Å². The fraction of sp³-hybridized carbons (Fsp3) is 0.133. The number of hydrogen-bond donors (Lipinski definition) is 0. The average molecular weight is 240 g/mol. The van der Waals surface area contributed by atoms with Gasteiger partial charge < -0.3 is 9.15 Å². The molecule has 1 aromatic heterocycles. The first kappa shape index (κ1) is 11.0. The van der Waals surface area contributed by atoms with Crippen molar-refractivity contribution in [3.05, 3.63) is 58.4 Å². The predicted molar refractivity (Wildman–Crippen MR) is 70.7 cm³/mol. The molecular weight excluding hydrogens is 228 g/mol. The maximum Gasteiger partial charge on any atom is 0.341 e. The van der Waals surface area contributed by atoms with Crippen molar-refractivity contribution in [2.75, 3.05) is 7.11 Å². The first-order chi connectivity index (χ1) is 8.78. The van der Waals surface area contributed by atoms with Crippen molar-refractivity contribution in [2.45, 2.75) is 6.61 Å². The van der Waals surface area contributed by atoms with Gasteiger partial charge in [-0.25, -0.2) is 4.79 Å². The zero-order valence-corrected chi connectivity index (χ0v) is 9.97. The molecule has 3 heteroatoms. The van der Waals surface area contributed by atoms with Gasteiger partial charge in [0, 0.05) is 12.5 Å². The van der Waals surface area contributed by atoms with Gasteiger partial charge in [0.05, 0.1) is 12.2 Å². The van der Waals surface area contributed by atoms with E-state index in [0.717, 1.165) is 16.2 Å².